The Hall–Kier alpha value is -2.89. The van der Waals surface area contributed by atoms with Crippen LogP contribution in [0.4, 0.5) is 19.9 Å². The minimum Gasteiger partial charge on any atom is -0.367 e. The Bertz CT molecular complexity index is 1440. The van der Waals surface area contributed by atoms with Crippen LogP contribution in [0.15, 0.2) is 30.6 Å². The summed E-state index contributed by atoms with van der Waals surface area (Å²) >= 11 is 7.33. The molecule has 2 aliphatic rings. The van der Waals surface area contributed by atoms with Crippen LogP contribution in [0.2, 0.25) is 5.02 Å². The topological polar surface area (TPSA) is 72.2 Å². The molecule has 2 fully saturated rings. The first-order chi connectivity index (χ1) is 17.9. The van der Waals surface area contributed by atoms with Crippen LogP contribution >= 0.6 is 22.9 Å². The van der Waals surface area contributed by atoms with E-state index in [2.05, 4.69) is 16.3 Å². The van der Waals surface area contributed by atoms with Gasteiger partial charge in [-0.15, -0.1) is 0 Å². The quantitative estimate of drug-likeness (QED) is 0.306. The molecular weight excluding hydrogens is 520 g/mol. The smallest absolute Gasteiger partial charge is 0.228 e. The van der Waals surface area contributed by atoms with E-state index in [0.29, 0.717) is 56.8 Å². The summed E-state index contributed by atoms with van der Waals surface area (Å²) in [6.07, 6.45) is 5.95. The molecule has 4 heterocycles. The van der Waals surface area contributed by atoms with E-state index in [4.69, 9.17) is 26.3 Å². The van der Waals surface area contributed by atoms with Crippen LogP contribution in [0.3, 0.4) is 0 Å². The van der Waals surface area contributed by atoms with Gasteiger partial charge >= 0.3 is 0 Å². The highest BCUT2D eigenvalue weighted by atomic mass is 35.5. The summed E-state index contributed by atoms with van der Waals surface area (Å²) in [6, 6.07) is 5.01. The lowest BCUT2D eigenvalue weighted by Crippen LogP contribution is -2.43. The average Bonchev–Trinajstić information content (AvgIpc) is 3.43. The second-order valence-electron chi connectivity index (χ2n) is 9.58. The molecule has 1 aliphatic heterocycles. The standard InChI is InChI=1S/C25H26ClF2N7OS/c1-14-11-34(13-20(36-14)15-10-29-35(12-15)17-4-5-17)24-30-21(18-6-3-16(26)9-19(18)28)22-23(31-24)32-25(37-22)33(2)8-7-27/h3,6,9-10,12,14,17,20H,4-5,7-8,11,13H2,1-2H3/t14-,20-/m1/s1. The van der Waals surface area contributed by atoms with Gasteiger partial charge in [0.2, 0.25) is 5.95 Å². The fourth-order valence-electron chi connectivity index (χ4n) is 4.55. The molecule has 3 aromatic heterocycles. The normalized spacial score (nSPS) is 20.1. The number of morpholine rings is 1. The summed E-state index contributed by atoms with van der Waals surface area (Å²) < 4.78 is 37.0. The number of benzene rings is 1. The average molecular weight is 546 g/mol. The summed E-state index contributed by atoms with van der Waals surface area (Å²) in [4.78, 5) is 18.0. The van der Waals surface area contributed by atoms with Crippen molar-refractivity contribution < 1.29 is 13.5 Å². The lowest BCUT2D eigenvalue weighted by Gasteiger charge is -2.36. The summed E-state index contributed by atoms with van der Waals surface area (Å²) in [5.41, 5.74) is 2.20. The minimum atomic E-state index is -0.508. The molecule has 1 saturated carbocycles. The van der Waals surface area contributed by atoms with Gasteiger partial charge in [0.25, 0.3) is 0 Å². The Morgan fingerprint density at radius 3 is 2.81 bits per heavy atom. The van der Waals surface area contributed by atoms with Crippen LogP contribution in [-0.2, 0) is 4.74 Å². The summed E-state index contributed by atoms with van der Waals surface area (Å²) in [5.74, 6) is -0.0391. The van der Waals surface area contributed by atoms with E-state index in [1.807, 2.05) is 22.7 Å². The van der Waals surface area contributed by atoms with Crippen LogP contribution in [0.5, 0.6) is 0 Å². The van der Waals surface area contributed by atoms with Gasteiger partial charge in [0, 0.05) is 42.5 Å². The number of nitrogens with zero attached hydrogens (tertiary/aromatic N) is 7. The predicted octanol–water partition coefficient (Wildman–Crippen LogP) is 5.45. The molecule has 0 spiro atoms. The van der Waals surface area contributed by atoms with Crippen LogP contribution in [-0.4, -0.2) is 64.2 Å². The van der Waals surface area contributed by atoms with E-state index < -0.39 is 12.5 Å². The summed E-state index contributed by atoms with van der Waals surface area (Å²) in [7, 11) is 1.77. The lowest BCUT2D eigenvalue weighted by molar-refractivity contribution is -0.0178. The number of fused-ring (bicyclic) bond motifs is 1. The third kappa shape index (κ3) is 4.87. The number of hydrogen-bond acceptors (Lipinski definition) is 8. The van der Waals surface area contributed by atoms with Gasteiger partial charge in [-0.05, 0) is 38.0 Å². The van der Waals surface area contributed by atoms with E-state index in [0.717, 1.165) is 18.4 Å². The van der Waals surface area contributed by atoms with Crippen molar-refractivity contribution in [2.75, 3.05) is 43.2 Å². The van der Waals surface area contributed by atoms with Gasteiger partial charge in [0.1, 0.15) is 23.3 Å². The van der Waals surface area contributed by atoms with Crippen molar-refractivity contribution >= 4 is 44.4 Å². The molecule has 1 saturated heterocycles. The molecule has 1 aliphatic carbocycles. The van der Waals surface area contributed by atoms with Gasteiger partial charge in [-0.25, -0.2) is 13.8 Å². The van der Waals surface area contributed by atoms with Crippen LogP contribution in [0.1, 0.15) is 37.5 Å². The van der Waals surface area contributed by atoms with Crippen molar-refractivity contribution in [3.8, 4) is 11.3 Å². The van der Waals surface area contributed by atoms with E-state index in [-0.39, 0.29) is 18.8 Å². The maximum Gasteiger partial charge on any atom is 0.228 e. The molecule has 0 radical (unpaired) electrons. The van der Waals surface area contributed by atoms with Crippen LogP contribution < -0.4 is 9.80 Å². The van der Waals surface area contributed by atoms with Crippen molar-refractivity contribution in [3.05, 3.63) is 47.0 Å². The number of halogens is 3. The first-order valence-electron chi connectivity index (χ1n) is 12.2. The molecule has 37 heavy (non-hydrogen) atoms. The highest BCUT2D eigenvalue weighted by Gasteiger charge is 2.32. The van der Waals surface area contributed by atoms with Gasteiger partial charge < -0.3 is 14.5 Å². The van der Waals surface area contributed by atoms with Crippen molar-refractivity contribution in [3.63, 3.8) is 0 Å². The molecule has 0 unspecified atom stereocenters. The van der Waals surface area contributed by atoms with E-state index in [1.54, 1.807) is 24.1 Å². The fourth-order valence-corrected chi connectivity index (χ4v) is 5.70. The molecule has 194 valence electrons. The number of thiazole rings is 1. The minimum absolute atomic E-state index is 0.0836. The Morgan fingerprint density at radius 1 is 1.22 bits per heavy atom. The Balaban J connectivity index is 1.41. The molecule has 2 atom stereocenters. The SMILES string of the molecule is C[C@@H]1CN(c2nc(-c3ccc(Cl)cc3F)c3sc(N(C)CCF)nc3n2)C[C@H](c2cnn(C3CC3)c2)O1. The third-order valence-electron chi connectivity index (χ3n) is 6.62. The van der Waals surface area contributed by atoms with Crippen molar-refractivity contribution in [1.82, 2.24) is 24.7 Å². The zero-order chi connectivity index (χ0) is 25.7. The molecule has 0 amide bonds. The summed E-state index contributed by atoms with van der Waals surface area (Å²) in [5, 5.41) is 5.41. The zero-order valence-corrected chi connectivity index (χ0v) is 22.0. The van der Waals surface area contributed by atoms with Gasteiger partial charge in [0.05, 0.1) is 30.6 Å². The van der Waals surface area contributed by atoms with Crippen molar-refractivity contribution in [2.45, 2.75) is 38.0 Å². The zero-order valence-electron chi connectivity index (χ0n) is 20.4. The highest BCUT2D eigenvalue weighted by molar-refractivity contribution is 7.22. The number of alkyl halides is 1. The van der Waals surface area contributed by atoms with Gasteiger partial charge in [0.15, 0.2) is 10.8 Å². The van der Waals surface area contributed by atoms with E-state index >= 15 is 4.39 Å². The summed E-state index contributed by atoms with van der Waals surface area (Å²) in [6.45, 7) is 2.79. The van der Waals surface area contributed by atoms with Crippen molar-refractivity contribution in [1.29, 1.82) is 0 Å². The predicted molar refractivity (Wildman–Crippen MR) is 141 cm³/mol. The largest absolute Gasteiger partial charge is 0.367 e. The van der Waals surface area contributed by atoms with Gasteiger partial charge in [-0.2, -0.15) is 15.1 Å². The van der Waals surface area contributed by atoms with Crippen LogP contribution in [0.25, 0.3) is 21.6 Å². The monoisotopic (exact) mass is 545 g/mol. The highest BCUT2D eigenvalue weighted by Crippen LogP contribution is 2.39. The van der Waals surface area contributed by atoms with Gasteiger partial charge in [-0.1, -0.05) is 22.9 Å². The Kier molecular flexibility index (Phi) is 6.46. The van der Waals surface area contributed by atoms with E-state index in [1.165, 1.54) is 17.4 Å². The number of rotatable bonds is 7. The first-order valence-corrected chi connectivity index (χ1v) is 13.4. The molecular formula is C25H26ClF2N7OS. The van der Waals surface area contributed by atoms with Gasteiger partial charge in [-0.3, -0.25) is 4.68 Å². The Labute approximate surface area is 221 Å². The number of aromatic nitrogens is 5. The number of hydrogen-bond donors (Lipinski definition) is 0. The molecule has 1 aromatic carbocycles. The number of ether oxygens (including phenoxy) is 1. The first kappa shape index (κ1) is 24.4. The van der Waals surface area contributed by atoms with Crippen molar-refractivity contribution in [2.24, 2.45) is 0 Å². The number of anilines is 2. The van der Waals surface area contributed by atoms with Crippen LogP contribution in [0, 0.1) is 5.82 Å². The molecule has 12 heteroatoms. The Morgan fingerprint density at radius 2 is 2.05 bits per heavy atom. The molecule has 6 rings (SSSR count). The fraction of sp³-hybridized carbons (Fsp3) is 0.440. The lowest BCUT2D eigenvalue weighted by atomic mass is 10.1. The second-order valence-corrected chi connectivity index (χ2v) is 11.0. The molecule has 4 aromatic rings. The molecule has 8 nitrogen and oxygen atoms in total. The third-order valence-corrected chi connectivity index (χ3v) is 8.02. The second kappa shape index (κ2) is 9.77. The maximum atomic E-state index is 15.1. The molecule has 0 N–H and O–H groups in total. The van der Waals surface area contributed by atoms with E-state index in [9.17, 15) is 4.39 Å². The maximum absolute atomic E-state index is 15.1. The molecule has 0 bridgehead atoms.